The molecule has 0 bridgehead atoms. The lowest BCUT2D eigenvalue weighted by Gasteiger charge is -2.29. The zero-order valence-electron chi connectivity index (χ0n) is 16.5. The summed E-state index contributed by atoms with van der Waals surface area (Å²) in [6, 6.07) is 9.54. The molecule has 0 atom stereocenters. The molecular formula is C20H25N3O5S. The van der Waals surface area contributed by atoms with E-state index in [-0.39, 0.29) is 11.4 Å². The molecule has 0 spiro atoms. The van der Waals surface area contributed by atoms with Gasteiger partial charge in [0.2, 0.25) is 15.9 Å². The number of carbonyl (C=O) groups is 1. The number of methoxy groups -OCH3 is 1. The number of nitrogens with one attached hydrogen (secondary N) is 1. The van der Waals surface area contributed by atoms with Gasteiger partial charge in [-0.3, -0.25) is 9.59 Å². The van der Waals surface area contributed by atoms with Crippen molar-refractivity contribution in [3.8, 4) is 5.75 Å². The molecule has 0 unspecified atom stereocenters. The lowest BCUT2D eigenvalue weighted by atomic mass is 10.0. The predicted molar refractivity (Wildman–Crippen MR) is 109 cm³/mol. The Kier molecular flexibility index (Phi) is 6.39. The molecule has 156 valence electrons. The van der Waals surface area contributed by atoms with Gasteiger partial charge in [0, 0.05) is 25.0 Å². The first-order chi connectivity index (χ1) is 13.8. The van der Waals surface area contributed by atoms with Gasteiger partial charge in [0.05, 0.1) is 7.11 Å². The number of nitrogens with zero attached hydrogens (tertiary/aromatic N) is 2. The van der Waals surface area contributed by atoms with Gasteiger partial charge in [0.25, 0.3) is 5.56 Å². The fraction of sp³-hybridized carbons (Fsp3) is 0.400. The maximum absolute atomic E-state index is 12.9. The van der Waals surface area contributed by atoms with Crippen molar-refractivity contribution in [3.05, 3.63) is 52.9 Å². The van der Waals surface area contributed by atoms with Crippen LogP contribution < -0.4 is 15.6 Å². The number of carbonyl (C=O) groups excluding carboxylic acids is 1. The molecule has 1 amide bonds. The number of benzene rings is 1. The smallest absolute Gasteiger partial charge is 0.271 e. The highest BCUT2D eigenvalue weighted by Crippen LogP contribution is 2.21. The topological polar surface area (TPSA) is 97.7 Å². The molecule has 2 aromatic rings. The molecule has 0 saturated carbocycles. The molecule has 29 heavy (non-hydrogen) atoms. The van der Waals surface area contributed by atoms with Crippen molar-refractivity contribution in [3.63, 3.8) is 0 Å². The molecule has 0 radical (unpaired) electrons. The molecule has 0 aliphatic carbocycles. The van der Waals surface area contributed by atoms with Crippen LogP contribution in [0.25, 0.3) is 0 Å². The number of ether oxygens (including phenoxy) is 1. The summed E-state index contributed by atoms with van der Waals surface area (Å²) in [5.41, 5.74) is -0.147. The van der Waals surface area contributed by atoms with E-state index < -0.39 is 21.5 Å². The van der Waals surface area contributed by atoms with Gasteiger partial charge in [-0.25, -0.2) is 8.42 Å². The number of piperidine rings is 1. The van der Waals surface area contributed by atoms with Gasteiger partial charge in [-0.15, -0.1) is 0 Å². The molecule has 1 fully saturated rings. The van der Waals surface area contributed by atoms with Crippen LogP contribution in [-0.2, 0) is 21.4 Å². The van der Waals surface area contributed by atoms with Crippen LogP contribution in [0.2, 0.25) is 0 Å². The molecule has 1 aromatic heterocycles. The summed E-state index contributed by atoms with van der Waals surface area (Å²) in [7, 11) is -2.34. The standard InChI is InChI=1S/C20H25N3O5S/c1-15-9-12-23(13-10-15)29(26,27)18-4-3-11-22(20(18)25)14-19(24)21-16-5-7-17(28-2)8-6-16/h3-8,11,15H,9-10,12-14H2,1-2H3,(H,21,24). The third kappa shape index (κ3) is 4.86. The maximum atomic E-state index is 12.9. The van der Waals surface area contributed by atoms with E-state index >= 15 is 0 Å². The molecule has 9 heteroatoms. The van der Waals surface area contributed by atoms with Crippen LogP contribution >= 0.6 is 0 Å². The molecule has 3 rings (SSSR count). The molecule has 1 aliphatic rings. The number of anilines is 1. The maximum Gasteiger partial charge on any atom is 0.271 e. The van der Waals surface area contributed by atoms with E-state index in [0.717, 1.165) is 17.4 Å². The highest BCUT2D eigenvalue weighted by atomic mass is 32.2. The van der Waals surface area contributed by atoms with Crippen LogP contribution in [-0.4, -0.2) is 43.4 Å². The third-order valence-electron chi connectivity index (χ3n) is 5.03. The van der Waals surface area contributed by atoms with Crippen molar-refractivity contribution in [1.82, 2.24) is 8.87 Å². The van der Waals surface area contributed by atoms with Crippen LogP contribution in [0, 0.1) is 5.92 Å². The lowest BCUT2D eigenvalue weighted by molar-refractivity contribution is -0.116. The van der Waals surface area contributed by atoms with Crippen molar-refractivity contribution in [2.45, 2.75) is 31.2 Å². The number of aromatic nitrogens is 1. The molecule has 1 N–H and O–H groups in total. The Labute approximate surface area is 170 Å². The summed E-state index contributed by atoms with van der Waals surface area (Å²) in [5, 5.41) is 2.68. The van der Waals surface area contributed by atoms with Gasteiger partial charge in [-0.05, 0) is 55.2 Å². The van der Waals surface area contributed by atoms with Gasteiger partial charge in [0.15, 0.2) is 0 Å². The Bertz CT molecular complexity index is 1020. The van der Waals surface area contributed by atoms with E-state index in [1.54, 1.807) is 31.4 Å². The first-order valence-corrected chi connectivity index (χ1v) is 10.9. The van der Waals surface area contributed by atoms with E-state index in [4.69, 9.17) is 4.74 Å². The minimum Gasteiger partial charge on any atom is -0.497 e. The second kappa shape index (κ2) is 8.79. The normalized spacial score (nSPS) is 15.8. The van der Waals surface area contributed by atoms with E-state index in [2.05, 4.69) is 12.2 Å². The Morgan fingerprint density at radius 2 is 1.83 bits per heavy atom. The zero-order valence-corrected chi connectivity index (χ0v) is 17.3. The number of hydrogen-bond acceptors (Lipinski definition) is 5. The highest BCUT2D eigenvalue weighted by molar-refractivity contribution is 7.89. The molecule has 8 nitrogen and oxygen atoms in total. The highest BCUT2D eigenvalue weighted by Gasteiger charge is 2.30. The number of rotatable bonds is 6. The third-order valence-corrected chi connectivity index (χ3v) is 6.94. The first kappa shape index (κ1) is 21.1. The Morgan fingerprint density at radius 3 is 2.45 bits per heavy atom. The van der Waals surface area contributed by atoms with E-state index in [1.807, 2.05) is 0 Å². The summed E-state index contributed by atoms with van der Waals surface area (Å²) in [5.74, 6) is 0.693. The van der Waals surface area contributed by atoms with Crippen molar-refractivity contribution in [2.24, 2.45) is 5.92 Å². The number of sulfonamides is 1. The van der Waals surface area contributed by atoms with Crippen molar-refractivity contribution >= 4 is 21.6 Å². The van der Waals surface area contributed by atoms with Gasteiger partial charge >= 0.3 is 0 Å². The van der Waals surface area contributed by atoms with Crippen molar-refractivity contribution < 1.29 is 17.9 Å². The molecule has 1 aromatic carbocycles. The van der Waals surface area contributed by atoms with E-state index in [0.29, 0.717) is 30.4 Å². The Balaban J connectivity index is 1.75. The van der Waals surface area contributed by atoms with Gasteiger partial charge in [-0.2, -0.15) is 4.31 Å². The fourth-order valence-electron chi connectivity index (χ4n) is 3.23. The second-order valence-electron chi connectivity index (χ2n) is 7.17. The number of hydrogen-bond donors (Lipinski definition) is 1. The van der Waals surface area contributed by atoms with Crippen LogP contribution in [0.3, 0.4) is 0 Å². The summed E-state index contributed by atoms with van der Waals surface area (Å²) in [4.78, 5) is 24.8. The van der Waals surface area contributed by atoms with Gasteiger partial charge < -0.3 is 14.6 Å². The first-order valence-electron chi connectivity index (χ1n) is 9.45. The number of pyridine rings is 1. The molecule has 1 aliphatic heterocycles. The van der Waals surface area contributed by atoms with E-state index in [9.17, 15) is 18.0 Å². The van der Waals surface area contributed by atoms with Gasteiger partial charge in [0.1, 0.15) is 17.2 Å². The van der Waals surface area contributed by atoms with Crippen molar-refractivity contribution in [2.75, 3.05) is 25.5 Å². The quantitative estimate of drug-likeness (QED) is 0.771. The van der Waals surface area contributed by atoms with Crippen LogP contribution in [0.5, 0.6) is 5.75 Å². The molecular weight excluding hydrogens is 394 g/mol. The van der Waals surface area contributed by atoms with Crippen LogP contribution in [0.15, 0.2) is 52.3 Å². The average Bonchev–Trinajstić information content (AvgIpc) is 2.70. The summed E-state index contributed by atoms with van der Waals surface area (Å²) >= 11 is 0. The molecule has 1 saturated heterocycles. The fourth-order valence-corrected chi connectivity index (χ4v) is 4.79. The van der Waals surface area contributed by atoms with E-state index in [1.165, 1.54) is 22.6 Å². The monoisotopic (exact) mass is 419 g/mol. The van der Waals surface area contributed by atoms with Crippen molar-refractivity contribution in [1.29, 1.82) is 0 Å². The SMILES string of the molecule is COc1ccc(NC(=O)Cn2cccc(S(=O)(=O)N3CCC(C)CC3)c2=O)cc1. The van der Waals surface area contributed by atoms with Crippen LogP contribution in [0.4, 0.5) is 5.69 Å². The Morgan fingerprint density at radius 1 is 1.17 bits per heavy atom. The summed E-state index contributed by atoms with van der Waals surface area (Å²) < 4.78 is 33.3. The average molecular weight is 420 g/mol. The van der Waals surface area contributed by atoms with Gasteiger partial charge in [-0.1, -0.05) is 6.92 Å². The second-order valence-corrected chi connectivity index (χ2v) is 9.08. The van der Waals surface area contributed by atoms with Crippen LogP contribution in [0.1, 0.15) is 19.8 Å². The lowest BCUT2D eigenvalue weighted by Crippen LogP contribution is -2.41. The minimum absolute atomic E-state index is 0.286. The predicted octanol–water partition coefficient (Wildman–Crippen LogP) is 1.92. The Hall–Kier alpha value is -2.65. The zero-order chi connectivity index (χ0) is 21.0. The summed E-state index contributed by atoms with van der Waals surface area (Å²) in [6.45, 7) is 2.59. The summed E-state index contributed by atoms with van der Waals surface area (Å²) in [6.07, 6.45) is 2.95. The number of amides is 1. The largest absolute Gasteiger partial charge is 0.497 e. The minimum atomic E-state index is -3.89. The molecule has 2 heterocycles.